The number of aryl methyl sites for hydroxylation is 5. The topological polar surface area (TPSA) is 353 Å². The normalized spacial score (nSPS) is 15.5. The summed E-state index contributed by atoms with van der Waals surface area (Å²) in [6, 6.07) is 60.6. The largest absolute Gasteiger partial charge is 0.434 e. The number of oxazole rings is 1. The lowest BCUT2D eigenvalue weighted by atomic mass is 9.85. The Balaban J connectivity index is 0.000000104. The van der Waals surface area contributed by atoms with E-state index in [1.165, 1.54) is 0 Å². The van der Waals surface area contributed by atoms with Crippen molar-refractivity contribution >= 4 is 54.5 Å². The van der Waals surface area contributed by atoms with E-state index in [0.717, 1.165) is 185 Å². The van der Waals surface area contributed by atoms with E-state index in [4.69, 9.17) is 38.4 Å². The number of benzene rings is 5. The molecule has 30 heteroatoms. The van der Waals surface area contributed by atoms with Gasteiger partial charge in [-0.2, -0.15) is 0 Å². The minimum absolute atomic E-state index is 0.0286. The first-order chi connectivity index (χ1) is 67.5. The number of pyridine rings is 5. The number of hydrogen-bond donors (Lipinski definition) is 0. The SMILES string of the molecule is CC1(C)CCc2nc3cc(-c4cc(-c5ccccn5)on4)ccc3c(=O)n2C1.CC1(C)CCc2nc3cc(-c4cc(-c5ccccn5)on4)ccc3c(=O)n2C1.CC1(C)CCc2nc3cc(-c4cn(-c5ccccn5)cn4)ccc3c(=O)n2C1.CC1(C)CCc2nc3cc(-c4ncc(-c5ccccn5)o4)ccc3c(=O)n2C1.CC1(C)CCc2nc3cc(-n4cnc(-c5ccccn5)c4)ccc3c(=O)n2C1. The molecule has 0 spiro atoms. The molecule has 0 unspecified atom stereocenters. The quantitative estimate of drug-likeness (QED) is 0.123. The van der Waals surface area contributed by atoms with E-state index in [-0.39, 0.29) is 54.9 Å². The Morgan fingerprint density at radius 2 is 0.600 bits per heavy atom. The third-order valence-electron chi connectivity index (χ3n) is 26.9. The molecule has 0 saturated carbocycles. The maximum Gasteiger partial charge on any atom is 0.261 e. The summed E-state index contributed by atoms with van der Waals surface area (Å²) in [6.45, 7) is 25.5. The Morgan fingerprint density at radius 1 is 0.279 bits per heavy atom. The van der Waals surface area contributed by atoms with E-state index in [2.05, 4.69) is 119 Å². The molecule has 15 aromatic heterocycles. The van der Waals surface area contributed by atoms with E-state index in [1.807, 2.05) is 238 Å². The zero-order chi connectivity index (χ0) is 96.5. The minimum Gasteiger partial charge on any atom is -0.434 e. The summed E-state index contributed by atoms with van der Waals surface area (Å²) in [4.78, 5) is 124. The molecule has 0 amide bonds. The molecule has 140 heavy (non-hydrogen) atoms. The van der Waals surface area contributed by atoms with Gasteiger partial charge in [0.25, 0.3) is 27.8 Å². The lowest BCUT2D eigenvalue weighted by Gasteiger charge is -2.31. The summed E-state index contributed by atoms with van der Waals surface area (Å²) < 4.78 is 29.8. The molecule has 25 rings (SSSR count). The van der Waals surface area contributed by atoms with Crippen LogP contribution in [0.15, 0.2) is 294 Å². The Morgan fingerprint density at radius 3 is 0.979 bits per heavy atom. The number of fused-ring (bicyclic) bond motifs is 10. The third kappa shape index (κ3) is 18.6. The van der Waals surface area contributed by atoms with Crippen molar-refractivity contribution in [3.8, 4) is 102 Å². The lowest BCUT2D eigenvalue weighted by molar-refractivity contribution is 0.240. The number of hydrogen-bond acceptors (Lipinski definition) is 23. The highest BCUT2D eigenvalue weighted by Crippen LogP contribution is 2.39. The fourth-order valence-corrected chi connectivity index (χ4v) is 19.0. The van der Waals surface area contributed by atoms with Crippen LogP contribution in [0.4, 0.5) is 0 Å². The smallest absolute Gasteiger partial charge is 0.261 e. The van der Waals surface area contributed by atoms with Gasteiger partial charge in [-0.15, -0.1) is 0 Å². The molecule has 0 bridgehead atoms. The monoisotopic (exact) mass is 1860 g/mol. The van der Waals surface area contributed by atoms with Crippen LogP contribution in [0.5, 0.6) is 0 Å². The molecule has 5 aromatic carbocycles. The van der Waals surface area contributed by atoms with Crippen LogP contribution in [-0.4, -0.2) is 107 Å². The summed E-state index contributed by atoms with van der Waals surface area (Å²) in [5.41, 5.74) is 14.8. The molecule has 20 heterocycles. The zero-order valence-corrected chi connectivity index (χ0v) is 79.5. The Labute approximate surface area is 803 Å². The van der Waals surface area contributed by atoms with Crippen LogP contribution in [0.25, 0.3) is 157 Å². The average molecular weight is 1860 g/mol. The molecule has 20 aromatic rings. The Hall–Kier alpha value is -16.4. The summed E-state index contributed by atoms with van der Waals surface area (Å²) in [5.74, 6) is 7.48. The number of imidazole rings is 2. The summed E-state index contributed by atoms with van der Waals surface area (Å²) in [5, 5.41) is 11.6. The first-order valence-electron chi connectivity index (χ1n) is 47.2. The van der Waals surface area contributed by atoms with Crippen molar-refractivity contribution in [2.24, 2.45) is 27.1 Å². The van der Waals surface area contributed by atoms with Gasteiger partial charge in [0.1, 0.15) is 75.4 Å². The molecule has 0 saturated heterocycles. The van der Waals surface area contributed by atoms with Crippen LogP contribution in [0.3, 0.4) is 0 Å². The molecule has 700 valence electrons. The van der Waals surface area contributed by atoms with Gasteiger partial charge in [-0.25, -0.2) is 44.9 Å². The van der Waals surface area contributed by atoms with Crippen LogP contribution in [0, 0.1) is 27.1 Å². The van der Waals surface area contributed by atoms with Crippen LogP contribution < -0.4 is 27.8 Å². The van der Waals surface area contributed by atoms with Crippen LogP contribution in [0.2, 0.25) is 0 Å². The lowest BCUT2D eigenvalue weighted by Crippen LogP contribution is -2.36. The molecule has 0 N–H and O–H groups in total. The molecule has 0 fully saturated rings. The van der Waals surface area contributed by atoms with Gasteiger partial charge in [-0.3, -0.25) is 71.3 Å². The maximum atomic E-state index is 13.0. The fourth-order valence-electron chi connectivity index (χ4n) is 19.0. The van der Waals surface area contributed by atoms with Gasteiger partial charge >= 0.3 is 0 Å². The van der Waals surface area contributed by atoms with E-state index in [9.17, 15) is 24.0 Å². The standard InChI is InChI=1S/2C22H21N5O.3C22H20N4O2/c1-22(2)9-8-20-25-17-11-15(6-7-16(17)21(28)27(20)13-22)18-12-26(14-24-18)19-5-3-4-10-23-19;1-22(2)9-8-20-25-18-11-15(6-7-16(18)21(28)27(20)13-22)26-12-19(24-14-26)17-5-3-4-10-23-17;2*1-22(2)9-8-20-24-18-11-14(6-7-15(18)21(27)26(20)13-22)17-12-19(28-25-17)16-5-3-4-10-23-16;1-22(2)9-8-19-25-17-11-14(6-7-15(17)21(27)26(19)13-22)20-24-12-18(28-20)16-5-3-4-10-23-16/h2*3-7,10-12,14H,8-9,13H2,1-2H3;3*3-7,10-12H,8-9,13H2,1-2H3. The van der Waals surface area contributed by atoms with Crippen LogP contribution >= 0.6 is 0 Å². The van der Waals surface area contributed by atoms with Gasteiger partial charge < -0.3 is 18.0 Å². The van der Waals surface area contributed by atoms with Crippen molar-refractivity contribution < 1.29 is 13.5 Å². The summed E-state index contributed by atoms with van der Waals surface area (Å²) in [6.07, 6.45) is 27.0. The highest BCUT2D eigenvalue weighted by Gasteiger charge is 2.34. The molecule has 0 atom stereocenters. The molecule has 30 nitrogen and oxygen atoms in total. The highest BCUT2D eigenvalue weighted by atomic mass is 16.5. The minimum atomic E-state index is 0.0286. The van der Waals surface area contributed by atoms with Gasteiger partial charge in [0.15, 0.2) is 17.3 Å². The van der Waals surface area contributed by atoms with Crippen molar-refractivity contribution in [2.75, 3.05) is 0 Å². The number of aromatic nitrogens is 22. The van der Waals surface area contributed by atoms with Crippen molar-refractivity contribution in [1.29, 1.82) is 0 Å². The van der Waals surface area contributed by atoms with E-state index >= 15 is 0 Å². The molecule has 0 aliphatic carbocycles. The Kier molecular flexibility index (Phi) is 23.3. The third-order valence-corrected chi connectivity index (χ3v) is 26.9. The second kappa shape index (κ2) is 36.3. The van der Waals surface area contributed by atoms with Gasteiger partial charge in [0.05, 0.1) is 78.4 Å². The van der Waals surface area contributed by atoms with E-state index in [1.54, 1.807) is 49.8 Å². The van der Waals surface area contributed by atoms with Crippen LogP contribution in [-0.2, 0) is 64.8 Å². The first kappa shape index (κ1) is 90.1. The van der Waals surface area contributed by atoms with Gasteiger partial charge in [0.2, 0.25) is 5.89 Å². The van der Waals surface area contributed by atoms with Gasteiger partial charge in [0, 0.05) is 148 Å². The summed E-state index contributed by atoms with van der Waals surface area (Å²) in [7, 11) is 0. The fraction of sp³-hybridized carbons (Fsp3) is 0.273. The van der Waals surface area contributed by atoms with Crippen LogP contribution in [0.1, 0.15) is 130 Å². The van der Waals surface area contributed by atoms with E-state index in [0.29, 0.717) is 97.7 Å². The van der Waals surface area contributed by atoms with Crippen molar-refractivity contribution in [2.45, 2.75) is 166 Å². The van der Waals surface area contributed by atoms with Gasteiger partial charge in [-0.1, -0.05) is 128 Å². The second-order valence-corrected chi connectivity index (χ2v) is 40.6. The number of nitrogens with zero attached hydrogens (tertiary/aromatic N) is 22. The molecule has 5 aliphatic heterocycles. The second-order valence-electron chi connectivity index (χ2n) is 40.6. The zero-order valence-electron chi connectivity index (χ0n) is 79.5. The summed E-state index contributed by atoms with van der Waals surface area (Å²) >= 11 is 0. The number of rotatable bonds is 10. The predicted molar refractivity (Wildman–Crippen MR) is 537 cm³/mol. The Bertz CT molecular complexity index is 7330. The van der Waals surface area contributed by atoms with Crippen molar-refractivity contribution in [1.82, 2.24) is 107 Å². The first-order valence-corrected chi connectivity index (χ1v) is 47.2. The predicted octanol–water partition coefficient (Wildman–Crippen LogP) is 19.5. The van der Waals surface area contributed by atoms with Gasteiger partial charge in [-0.05, 0) is 193 Å². The van der Waals surface area contributed by atoms with Crippen molar-refractivity contribution in [3.05, 3.63) is 337 Å². The van der Waals surface area contributed by atoms with Crippen molar-refractivity contribution in [3.63, 3.8) is 0 Å². The highest BCUT2D eigenvalue weighted by molar-refractivity contribution is 5.87. The van der Waals surface area contributed by atoms with E-state index < -0.39 is 0 Å². The molecule has 0 radical (unpaired) electrons. The maximum absolute atomic E-state index is 13.0. The average Bonchev–Trinajstić information content (AvgIpc) is 1.04. The molecular formula is C110H102N22O8. The molecule has 5 aliphatic rings. The molecular weight excluding hydrogens is 1760 g/mol.